The van der Waals surface area contributed by atoms with Gasteiger partial charge in [-0.1, -0.05) is 41.5 Å². The highest BCUT2D eigenvalue weighted by Crippen LogP contribution is 2.53. The van der Waals surface area contributed by atoms with Crippen molar-refractivity contribution in [3.05, 3.63) is 23.9 Å². The van der Waals surface area contributed by atoms with E-state index < -0.39 is 17.1 Å². The number of carbonyl (C=O) groups excluding carboxylic acids is 1. The zero-order chi connectivity index (χ0) is 24.0. The maximum Gasteiger partial charge on any atom is 0.306 e. The van der Waals surface area contributed by atoms with Crippen molar-refractivity contribution in [3.8, 4) is 0 Å². The van der Waals surface area contributed by atoms with Crippen molar-refractivity contribution in [2.75, 3.05) is 13.4 Å². The van der Waals surface area contributed by atoms with E-state index in [1.807, 2.05) is 23.3 Å². The molecule has 2 heterocycles. The molecule has 0 radical (unpaired) electrons. The number of nitrogens with zero attached hydrogens (tertiary/aromatic N) is 1. The lowest BCUT2D eigenvalue weighted by atomic mass is 10.0. The highest BCUT2D eigenvalue weighted by atomic mass is 32.4. The molecule has 0 amide bonds. The molecule has 0 saturated carbocycles. The average molecular weight is 496 g/mol. The number of rotatable bonds is 8. The maximum absolute atomic E-state index is 12.8. The highest BCUT2D eigenvalue weighted by molar-refractivity contribution is 8.29. The van der Waals surface area contributed by atoms with Crippen molar-refractivity contribution in [2.45, 2.75) is 93.3 Å². The van der Waals surface area contributed by atoms with Crippen molar-refractivity contribution in [2.24, 2.45) is 0 Å². The Morgan fingerprint density at radius 1 is 1.12 bits per heavy atom. The Morgan fingerprint density at radius 3 is 2.22 bits per heavy atom. The molecule has 0 saturated heterocycles. The van der Waals surface area contributed by atoms with Crippen LogP contribution in [0.3, 0.4) is 0 Å². The summed E-state index contributed by atoms with van der Waals surface area (Å²) in [5.41, 5.74) is 3.70. The third kappa shape index (κ3) is 4.42. The summed E-state index contributed by atoms with van der Waals surface area (Å²) < 4.78 is 32.7. The van der Waals surface area contributed by atoms with Crippen LogP contribution >= 0.6 is 11.2 Å². The topological polar surface area (TPSA) is 65.4 Å². The first-order chi connectivity index (χ1) is 14.8. The van der Waals surface area contributed by atoms with E-state index in [9.17, 15) is 13.2 Å². The molecule has 0 N–H and O–H groups in total. The minimum Gasteiger partial charge on any atom is -0.469 e. The van der Waals surface area contributed by atoms with Gasteiger partial charge in [-0.3, -0.25) is 4.79 Å². The number of benzene rings is 1. The normalized spacial score (nSPS) is 17.0. The zero-order valence-corrected chi connectivity index (χ0v) is 23.2. The number of esters is 1. The first-order valence-corrected chi connectivity index (χ1v) is 17.1. The predicted octanol–water partition coefficient (Wildman–Crippen LogP) is 6.36. The number of hydrogen-bond acceptors (Lipinski definition) is 5. The van der Waals surface area contributed by atoms with E-state index in [0.29, 0.717) is 27.9 Å². The number of aryl methyl sites for hydroxylation is 1. The summed E-state index contributed by atoms with van der Waals surface area (Å²) in [6, 6.07) is 6.06. The van der Waals surface area contributed by atoms with Crippen LogP contribution in [0.1, 0.15) is 66.0 Å². The van der Waals surface area contributed by atoms with Crippen molar-refractivity contribution in [3.63, 3.8) is 0 Å². The second-order valence-electron chi connectivity index (χ2n) is 10.0. The Labute approximate surface area is 197 Å². The van der Waals surface area contributed by atoms with Gasteiger partial charge in [0, 0.05) is 34.7 Å². The Kier molecular flexibility index (Phi) is 7.28. The maximum atomic E-state index is 12.8. The Balaban J connectivity index is 2.19. The summed E-state index contributed by atoms with van der Waals surface area (Å²) >= 11 is 1.96. The molecule has 32 heavy (non-hydrogen) atoms. The Hall–Kier alpha value is -1.25. The molecule has 1 unspecified atom stereocenters. The molecule has 3 rings (SSSR count). The van der Waals surface area contributed by atoms with E-state index >= 15 is 0 Å². The summed E-state index contributed by atoms with van der Waals surface area (Å²) in [4.78, 5) is 13.3. The second-order valence-corrected chi connectivity index (χ2v) is 20.6. The fourth-order valence-corrected chi connectivity index (χ4v) is 15.9. The SMILES string of the molecule is COC(=O)CC1CCn2c1cc1c(S(C)(=O)=O)cc(S[Si](C(C)C)(C(C)C)C(C)C)cc12. The minimum atomic E-state index is -3.40. The van der Waals surface area contributed by atoms with E-state index in [0.717, 1.165) is 34.5 Å². The molecule has 0 aliphatic carbocycles. The van der Waals surface area contributed by atoms with Crippen LogP contribution in [0.5, 0.6) is 0 Å². The minimum absolute atomic E-state index is 0.0637. The number of methoxy groups -OCH3 is 1. The number of carbonyl (C=O) groups is 1. The lowest BCUT2D eigenvalue weighted by Crippen LogP contribution is -2.41. The molecule has 1 aromatic carbocycles. The van der Waals surface area contributed by atoms with Crippen LogP contribution in [-0.2, 0) is 25.9 Å². The van der Waals surface area contributed by atoms with Crippen LogP contribution < -0.4 is 0 Å². The molecule has 1 aliphatic heterocycles. The summed E-state index contributed by atoms with van der Waals surface area (Å²) in [6.07, 6.45) is 2.49. The first-order valence-electron chi connectivity index (χ1n) is 11.5. The molecule has 1 aliphatic rings. The smallest absolute Gasteiger partial charge is 0.306 e. The van der Waals surface area contributed by atoms with Gasteiger partial charge in [0.1, 0.15) is 7.22 Å². The van der Waals surface area contributed by atoms with Crippen LogP contribution in [0.2, 0.25) is 16.6 Å². The molecule has 1 atom stereocenters. The van der Waals surface area contributed by atoms with E-state index in [4.69, 9.17) is 4.74 Å². The van der Waals surface area contributed by atoms with Crippen molar-refractivity contribution in [1.29, 1.82) is 0 Å². The highest BCUT2D eigenvalue weighted by Gasteiger charge is 2.44. The van der Waals surface area contributed by atoms with Crippen LogP contribution in [-0.4, -0.2) is 39.5 Å². The number of aromatic nitrogens is 1. The van der Waals surface area contributed by atoms with E-state index in [2.05, 4.69) is 52.2 Å². The fraction of sp³-hybridized carbons (Fsp3) is 0.625. The van der Waals surface area contributed by atoms with Gasteiger partial charge in [-0.15, -0.1) is 0 Å². The van der Waals surface area contributed by atoms with Gasteiger partial charge in [0.2, 0.25) is 0 Å². The van der Waals surface area contributed by atoms with Crippen LogP contribution in [0.15, 0.2) is 28.0 Å². The summed E-state index contributed by atoms with van der Waals surface area (Å²) in [5, 5.41) is 0.771. The standard InChI is InChI=1S/C24H37NO4S2Si/c1-15(2)32(16(3)4,17(5)6)30-19-12-22-20(23(13-19)31(8,27)28)14-21-18(9-10-25(21)22)11-24(26)29-7/h12-18H,9-11H2,1-8H3. The Morgan fingerprint density at radius 2 is 1.72 bits per heavy atom. The fourth-order valence-electron chi connectivity index (χ4n) is 5.76. The van der Waals surface area contributed by atoms with Gasteiger partial charge in [-0.25, -0.2) is 8.42 Å². The van der Waals surface area contributed by atoms with E-state index in [1.165, 1.54) is 13.4 Å². The third-order valence-corrected chi connectivity index (χ3v) is 20.5. The lowest BCUT2D eigenvalue weighted by molar-refractivity contribution is -0.141. The first kappa shape index (κ1) is 25.4. The monoisotopic (exact) mass is 495 g/mol. The molecule has 5 nitrogen and oxygen atoms in total. The molecule has 2 aromatic rings. The molecule has 8 heteroatoms. The zero-order valence-electron chi connectivity index (χ0n) is 20.6. The third-order valence-electron chi connectivity index (χ3n) is 7.15. The van der Waals surface area contributed by atoms with Crippen molar-refractivity contribution in [1.82, 2.24) is 4.57 Å². The van der Waals surface area contributed by atoms with Gasteiger partial charge in [-0.2, -0.15) is 11.2 Å². The van der Waals surface area contributed by atoms with Crippen LogP contribution in [0, 0.1) is 0 Å². The van der Waals surface area contributed by atoms with E-state index in [1.54, 1.807) is 0 Å². The van der Waals surface area contributed by atoms with Gasteiger partial charge >= 0.3 is 5.97 Å². The average Bonchev–Trinajstić information content (AvgIpc) is 3.23. The molecule has 1 aromatic heterocycles. The molecule has 0 spiro atoms. The van der Waals surface area contributed by atoms with Gasteiger partial charge in [0.25, 0.3) is 0 Å². The van der Waals surface area contributed by atoms with Gasteiger partial charge in [0.15, 0.2) is 9.84 Å². The molecule has 0 fully saturated rings. The Bertz CT molecular complexity index is 1100. The second kappa shape index (κ2) is 9.18. The van der Waals surface area contributed by atoms with Gasteiger partial charge in [-0.05, 0) is 41.2 Å². The van der Waals surface area contributed by atoms with Gasteiger partial charge in [0.05, 0.1) is 23.9 Å². The molecule has 178 valence electrons. The van der Waals surface area contributed by atoms with Gasteiger partial charge < -0.3 is 9.30 Å². The molecular formula is C24H37NO4S2Si. The van der Waals surface area contributed by atoms with Crippen LogP contribution in [0.25, 0.3) is 10.9 Å². The van der Waals surface area contributed by atoms with Crippen molar-refractivity contribution >= 4 is 45.1 Å². The molecular weight excluding hydrogens is 458 g/mol. The van der Waals surface area contributed by atoms with Crippen LogP contribution in [0.4, 0.5) is 0 Å². The lowest BCUT2D eigenvalue weighted by Gasteiger charge is -2.42. The quantitative estimate of drug-likeness (QED) is 0.315. The largest absolute Gasteiger partial charge is 0.469 e. The van der Waals surface area contributed by atoms with E-state index in [-0.39, 0.29) is 11.9 Å². The molecule has 0 bridgehead atoms. The predicted molar refractivity (Wildman–Crippen MR) is 136 cm³/mol. The summed E-state index contributed by atoms with van der Waals surface area (Å²) in [5.74, 6) is -0.163. The number of sulfone groups is 1. The summed E-state index contributed by atoms with van der Waals surface area (Å²) in [7, 11) is -3.83. The number of hydrogen-bond donors (Lipinski definition) is 0. The number of ether oxygens (including phenoxy) is 1. The number of fused-ring (bicyclic) bond motifs is 3. The van der Waals surface area contributed by atoms with Crippen molar-refractivity contribution < 1.29 is 17.9 Å². The summed E-state index contributed by atoms with van der Waals surface area (Å²) in [6.45, 7) is 14.7.